The van der Waals surface area contributed by atoms with Gasteiger partial charge in [-0.25, -0.2) is 13.2 Å². The Morgan fingerprint density at radius 2 is 1.68 bits per heavy atom. The lowest BCUT2D eigenvalue weighted by molar-refractivity contribution is 0.263. The molecule has 1 heterocycles. The second-order valence-electron chi connectivity index (χ2n) is 4.48. The van der Waals surface area contributed by atoms with Gasteiger partial charge in [0.2, 0.25) is 11.6 Å². The SMILES string of the molecule is O=C(Cl)N1Cc2ccccc2Oc2c(F)c(F)c(F)c(F)c21. The van der Waals surface area contributed by atoms with Gasteiger partial charge in [-0.15, -0.1) is 0 Å². The van der Waals surface area contributed by atoms with Crippen molar-refractivity contribution >= 4 is 22.7 Å². The van der Waals surface area contributed by atoms with Crippen LogP contribution in [0.15, 0.2) is 24.3 Å². The molecule has 114 valence electrons. The lowest BCUT2D eigenvalue weighted by atomic mass is 10.2. The first-order chi connectivity index (χ1) is 10.4. The van der Waals surface area contributed by atoms with Crippen LogP contribution < -0.4 is 9.64 Å². The highest BCUT2D eigenvalue weighted by Crippen LogP contribution is 2.44. The van der Waals surface area contributed by atoms with Gasteiger partial charge in [0.15, 0.2) is 17.4 Å². The molecule has 0 aromatic heterocycles. The summed E-state index contributed by atoms with van der Waals surface area (Å²) in [4.78, 5) is 12.1. The lowest BCUT2D eigenvalue weighted by Crippen LogP contribution is -2.26. The van der Waals surface area contributed by atoms with Crippen LogP contribution in [0.4, 0.5) is 28.0 Å². The number of amides is 1. The average Bonchev–Trinajstić information content (AvgIpc) is 2.67. The Hall–Kier alpha value is -2.28. The fourth-order valence-corrected chi connectivity index (χ4v) is 2.32. The van der Waals surface area contributed by atoms with Gasteiger partial charge in [-0.2, -0.15) is 4.39 Å². The maximum absolute atomic E-state index is 14.0. The Morgan fingerprint density at radius 1 is 1.05 bits per heavy atom. The van der Waals surface area contributed by atoms with Crippen molar-refractivity contribution < 1.29 is 27.1 Å². The van der Waals surface area contributed by atoms with E-state index in [0.717, 1.165) is 0 Å². The summed E-state index contributed by atoms with van der Waals surface area (Å²) in [5.74, 6) is -8.43. The summed E-state index contributed by atoms with van der Waals surface area (Å²) < 4.78 is 60.0. The van der Waals surface area contributed by atoms with Gasteiger partial charge in [0, 0.05) is 5.56 Å². The molecule has 2 aromatic carbocycles. The van der Waals surface area contributed by atoms with E-state index in [9.17, 15) is 22.4 Å². The minimum atomic E-state index is -2.05. The van der Waals surface area contributed by atoms with E-state index in [1.54, 1.807) is 12.1 Å². The van der Waals surface area contributed by atoms with E-state index in [-0.39, 0.29) is 12.3 Å². The number of ether oxygens (including phenoxy) is 1. The highest BCUT2D eigenvalue weighted by Gasteiger charge is 2.35. The molecule has 0 bridgehead atoms. The van der Waals surface area contributed by atoms with Crippen LogP contribution in [-0.4, -0.2) is 5.37 Å². The smallest absolute Gasteiger partial charge is 0.321 e. The van der Waals surface area contributed by atoms with Crippen molar-refractivity contribution in [1.29, 1.82) is 0 Å². The maximum atomic E-state index is 14.0. The highest BCUT2D eigenvalue weighted by molar-refractivity contribution is 6.66. The molecule has 0 spiro atoms. The third-order valence-electron chi connectivity index (χ3n) is 3.20. The van der Waals surface area contributed by atoms with E-state index in [1.807, 2.05) is 0 Å². The van der Waals surface area contributed by atoms with Crippen molar-refractivity contribution in [3.8, 4) is 11.5 Å². The Labute approximate surface area is 126 Å². The van der Waals surface area contributed by atoms with Crippen molar-refractivity contribution in [2.75, 3.05) is 4.90 Å². The summed E-state index contributed by atoms with van der Waals surface area (Å²) in [5, 5.41) is -1.19. The van der Waals surface area contributed by atoms with Crippen LogP contribution in [0, 0.1) is 23.3 Å². The van der Waals surface area contributed by atoms with Crippen LogP contribution in [0.5, 0.6) is 11.5 Å². The number of halogens is 5. The number of rotatable bonds is 0. The summed E-state index contributed by atoms with van der Waals surface area (Å²) in [6.07, 6.45) is 0. The molecule has 1 amide bonds. The van der Waals surface area contributed by atoms with E-state index < -0.39 is 40.1 Å². The number of fused-ring (bicyclic) bond motifs is 2. The zero-order chi connectivity index (χ0) is 16.0. The standard InChI is InChI=1S/C14H6ClF4NO2/c15-14(21)20-5-6-3-1-2-4-7(6)22-13-11(19)9(17)8(16)10(18)12(13)20/h1-4H,5H2. The molecule has 0 saturated heterocycles. The molecule has 0 atom stereocenters. The first-order valence-electron chi connectivity index (χ1n) is 6.00. The van der Waals surface area contributed by atoms with Crippen LogP contribution in [0.25, 0.3) is 0 Å². The number of carbonyl (C=O) groups is 1. The largest absolute Gasteiger partial charge is 0.451 e. The maximum Gasteiger partial charge on any atom is 0.321 e. The number of hydrogen-bond acceptors (Lipinski definition) is 2. The number of para-hydroxylation sites is 1. The van der Waals surface area contributed by atoms with Crippen molar-refractivity contribution in [3.05, 3.63) is 53.1 Å². The molecule has 22 heavy (non-hydrogen) atoms. The summed E-state index contributed by atoms with van der Waals surface area (Å²) in [7, 11) is 0. The second kappa shape index (κ2) is 5.17. The Balaban J connectivity index is 2.34. The number of anilines is 1. The molecule has 0 unspecified atom stereocenters. The first kappa shape index (κ1) is 14.6. The molecule has 3 nitrogen and oxygen atoms in total. The predicted molar refractivity (Wildman–Crippen MR) is 70.2 cm³/mol. The fraction of sp³-hybridized carbons (Fsp3) is 0.0714. The summed E-state index contributed by atoms with van der Waals surface area (Å²) >= 11 is 5.37. The molecule has 1 aliphatic heterocycles. The van der Waals surface area contributed by atoms with Gasteiger partial charge in [-0.1, -0.05) is 18.2 Å². The van der Waals surface area contributed by atoms with E-state index in [0.29, 0.717) is 10.5 Å². The second-order valence-corrected chi connectivity index (χ2v) is 4.81. The number of hydrogen-bond donors (Lipinski definition) is 0. The van der Waals surface area contributed by atoms with Gasteiger partial charge in [0.1, 0.15) is 11.4 Å². The van der Waals surface area contributed by atoms with Gasteiger partial charge in [-0.3, -0.25) is 9.69 Å². The molecular weight excluding hydrogens is 326 g/mol. The molecular formula is C14H6ClF4NO2. The molecule has 0 N–H and O–H groups in total. The molecule has 2 aromatic rings. The Kier molecular flexibility index (Phi) is 3.44. The molecule has 0 fully saturated rings. The topological polar surface area (TPSA) is 29.5 Å². The van der Waals surface area contributed by atoms with Crippen molar-refractivity contribution in [2.24, 2.45) is 0 Å². The third kappa shape index (κ3) is 2.09. The minimum absolute atomic E-state index is 0.0773. The number of benzene rings is 2. The minimum Gasteiger partial charge on any atom is -0.451 e. The monoisotopic (exact) mass is 331 g/mol. The third-order valence-corrected chi connectivity index (χ3v) is 3.40. The van der Waals surface area contributed by atoms with Crippen molar-refractivity contribution in [2.45, 2.75) is 6.54 Å². The van der Waals surface area contributed by atoms with Crippen LogP contribution in [-0.2, 0) is 6.54 Å². The van der Waals surface area contributed by atoms with Gasteiger partial charge >= 0.3 is 5.37 Å². The fourth-order valence-electron chi connectivity index (χ4n) is 2.18. The molecule has 1 aliphatic rings. The van der Waals surface area contributed by atoms with Crippen LogP contribution in [0.3, 0.4) is 0 Å². The zero-order valence-electron chi connectivity index (χ0n) is 10.7. The molecule has 8 heteroatoms. The van der Waals surface area contributed by atoms with E-state index >= 15 is 0 Å². The number of carbonyl (C=O) groups excluding carboxylic acids is 1. The Morgan fingerprint density at radius 3 is 2.36 bits per heavy atom. The van der Waals surface area contributed by atoms with E-state index in [2.05, 4.69) is 0 Å². The quantitative estimate of drug-likeness (QED) is 0.230. The molecule has 0 aliphatic carbocycles. The predicted octanol–water partition coefficient (Wildman–Crippen LogP) is 4.71. The van der Waals surface area contributed by atoms with Gasteiger partial charge < -0.3 is 4.74 Å². The summed E-state index contributed by atoms with van der Waals surface area (Å²) in [5.41, 5.74) is -0.514. The summed E-state index contributed by atoms with van der Waals surface area (Å²) in [6, 6.07) is 6.09. The first-order valence-corrected chi connectivity index (χ1v) is 6.38. The van der Waals surface area contributed by atoms with E-state index in [4.69, 9.17) is 16.3 Å². The van der Waals surface area contributed by atoms with Gasteiger partial charge in [0.25, 0.3) is 0 Å². The highest BCUT2D eigenvalue weighted by atomic mass is 35.5. The van der Waals surface area contributed by atoms with Crippen LogP contribution in [0.1, 0.15) is 5.56 Å². The number of nitrogens with zero attached hydrogens (tertiary/aromatic N) is 1. The normalized spacial score (nSPS) is 13.0. The van der Waals surface area contributed by atoms with E-state index in [1.165, 1.54) is 12.1 Å². The average molecular weight is 332 g/mol. The molecule has 3 rings (SSSR count). The van der Waals surface area contributed by atoms with Crippen LogP contribution >= 0.6 is 11.6 Å². The van der Waals surface area contributed by atoms with Gasteiger partial charge in [0.05, 0.1) is 6.54 Å². The Bertz CT molecular complexity index is 797. The molecule has 0 radical (unpaired) electrons. The lowest BCUT2D eigenvalue weighted by Gasteiger charge is -2.20. The molecule has 0 saturated carbocycles. The zero-order valence-corrected chi connectivity index (χ0v) is 11.4. The van der Waals surface area contributed by atoms with Crippen LogP contribution in [0.2, 0.25) is 0 Å². The summed E-state index contributed by atoms with van der Waals surface area (Å²) in [6.45, 7) is -0.285. The van der Waals surface area contributed by atoms with Crippen molar-refractivity contribution in [1.82, 2.24) is 0 Å². The van der Waals surface area contributed by atoms with Gasteiger partial charge in [-0.05, 0) is 17.7 Å². The van der Waals surface area contributed by atoms with Crippen molar-refractivity contribution in [3.63, 3.8) is 0 Å².